The number of benzene rings is 1. The van der Waals surface area contributed by atoms with Crippen molar-refractivity contribution in [3.05, 3.63) is 47.0 Å². The molecule has 64 heavy (non-hydrogen) atoms. The number of aliphatic hydroxyl groups excluding tert-OH is 1. The minimum absolute atomic E-state index is 0.0684. The SMILES string of the molecule is COc1ccc2c(OC3C[C@H]4C(=O)N[C@@](C)(C(=O)NS(=O)(=O)C5CC5)C/C=C\CCCC(O)N[C@@H](CC(=O)N5CCCC(F)(F)C5)C(=O)N4C3)cc(-c3nc(C(C)C)cs3)nc2c1C. The lowest BCUT2D eigenvalue weighted by Crippen LogP contribution is -2.62. The van der Waals surface area contributed by atoms with Crippen LogP contribution in [0.3, 0.4) is 0 Å². The molecule has 1 aliphatic carbocycles. The van der Waals surface area contributed by atoms with E-state index in [1.165, 1.54) is 23.2 Å². The van der Waals surface area contributed by atoms with Crippen LogP contribution in [0.2, 0.25) is 0 Å². The maximum atomic E-state index is 14.9. The zero-order valence-electron chi connectivity index (χ0n) is 36.7. The molecule has 16 nitrogen and oxygen atoms in total. The summed E-state index contributed by atoms with van der Waals surface area (Å²) in [5.74, 6) is -5.22. The Bertz CT molecular complexity index is 2410. The summed E-state index contributed by atoms with van der Waals surface area (Å²) in [7, 11) is -2.46. The largest absolute Gasteiger partial charge is 0.496 e. The number of methoxy groups -OCH3 is 1. The van der Waals surface area contributed by atoms with Crippen molar-refractivity contribution in [3.8, 4) is 22.2 Å². The van der Waals surface area contributed by atoms with Gasteiger partial charge in [-0.3, -0.25) is 29.2 Å². The van der Waals surface area contributed by atoms with E-state index in [0.717, 1.165) is 16.2 Å². The topological polar surface area (TPSA) is 209 Å². The molecule has 5 atom stereocenters. The standard InChI is InChI=1S/C44H57F2N7O9S2/c1-25(2)32-23-63-40(49-32)30-20-35(29-14-15-34(61-5)26(3)38(29)48-30)62-27-19-33-39(56)50-43(4,42(58)51-64(59,60)28-12-13-28)16-9-7-6-8-11-36(54)47-31(41(57)53(33)22-27)21-37(55)52-18-10-17-44(45,46)24-52/h7,9,14-15,20,23,25,27-28,31,33,36,47,54H,6,8,10-13,16-19,21-22,24H2,1-5H3,(H,50,56)(H,51,58)/b9-7-/t27?,31-,33-,36?,43+/m0/s1. The van der Waals surface area contributed by atoms with E-state index < -0.39 is 87.7 Å². The van der Waals surface area contributed by atoms with Crippen LogP contribution < -0.4 is 24.8 Å². The van der Waals surface area contributed by atoms with E-state index in [1.54, 1.807) is 37.5 Å². The molecule has 0 bridgehead atoms. The number of fused-ring (bicyclic) bond motifs is 2. The van der Waals surface area contributed by atoms with Gasteiger partial charge in [-0.05, 0) is 76.8 Å². The number of aliphatic hydroxyl groups is 1. The molecule has 3 aromatic rings. The molecule has 5 heterocycles. The van der Waals surface area contributed by atoms with Gasteiger partial charge in [-0.25, -0.2) is 27.2 Å². The molecule has 4 amide bonds. The lowest BCUT2D eigenvalue weighted by Gasteiger charge is -2.35. The van der Waals surface area contributed by atoms with E-state index in [-0.39, 0.29) is 51.1 Å². The van der Waals surface area contributed by atoms with Crippen LogP contribution in [0.25, 0.3) is 21.6 Å². The molecule has 0 radical (unpaired) electrons. The van der Waals surface area contributed by atoms with Gasteiger partial charge in [-0.2, -0.15) is 0 Å². The van der Waals surface area contributed by atoms with E-state index in [9.17, 15) is 41.5 Å². The number of aryl methyl sites for hydroxylation is 1. The quantitative estimate of drug-likeness (QED) is 0.204. The van der Waals surface area contributed by atoms with Crippen molar-refractivity contribution in [2.75, 3.05) is 26.7 Å². The highest BCUT2D eigenvalue weighted by atomic mass is 32.2. The summed E-state index contributed by atoms with van der Waals surface area (Å²) in [5, 5.41) is 19.3. The van der Waals surface area contributed by atoms with Gasteiger partial charge in [-0.15, -0.1) is 11.3 Å². The Morgan fingerprint density at radius 1 is 1.11 bits per heavy atom. The van der Waals surface area contributed by atoms with Crippen molar-refractivity contribution in [2.24, 2.45) is 0 Å². The first-order chi connectivity index (χ1) is 30.3. The zero-order chi connectivity index (χ0) is 46.1. The molecule has 3 aliphatic heterocycles. The first-order valence-electron chi connectivity index (χ1n) is 21.8. The number of hydrogen-bond acceptors (Lipinski definition) is 13. The molecule has 0 spiro atoms. The van der Waals surface area contributed by atoms with Crippen molar-refractivity contribution in [3.63, 3.8) is 0 Å². The molecule has 1 saturated carbocycles. The number of carbonyl (C=O) groups is 4. The molecule has 1 aromatic carbocycles. The summed E-state index contributed by atoms with van der Waals surface area (Å²) >= 11 is 1.42. The van der Waals surface area contributed by atoms with Gasteiger partial charge in [0.1, 0.15) is 46.1 Å². The van der Waals surface area contributed by atoms with Crippen LogP contribution >= 0.6 is 11.3 Å². The summed E-state index contributed by atoms with van der Waals surface area (Å²) in [5.41, 5.74) is 0.920. The van der Waals surface area contributed by atoms with Gasteiger partial charge in [0.05, 0.1) is 49.1 Å². The number of alkyl halides is 2. The second-order valence-corrected chi connectivity index (χ2v) is 20.6. The lowest BCUT2D eigenvalue weighted by molar-refractivity contribution is -0.147. The van der Waals surface area contributed by atoms with Crippen molar-refractivity contribution < 1.29 is 51.0 Å². The maximum Gasteiger partial charge on any atom is 0.265 e. The van der Waals surface area contributed by atoms with Crippen molar-refractivity contribution >= 4 is 55.9 Å². The van der Waals surface area contributed by atoms with Crippen LogP contribution in [-0.2, 0) is 29.2 Å². The van der Waals surface area contributed by atoms with Gasteiger partial charge in [-0.1, -0.05) is 26.0 Å². The highest BCUT2D eigenvalue weighted by Gasteiger charge is 2.48. The molecule has 2 saturated heterocycles. The number of carbonyl (C=O) groups excluding carboxylic acids is 4. The number of thiazole rings is 1. The summed E-state index contributed by atoms with van der Waals surface area (Å²) < 4.78 is 69.4. The second kappa shape index (κ2) is 19.0. The van der Waals surface area contributed by atoms with E-state index in [1.807, 2.05) is 26.2 Å². The summed E-state index contributed by atoms with van der Waals surface area (Å²) in [6.07, 6.45) is 1.87. The third-order valence-electron chi connectivity index (χ3n) is 12.3. The van der Waals surface area contributed by atoms with Gasteiger partial charge in [0.15, 0.2) is 0 Å². The Morgan fingerprint density at radius 3 is 2.56 bits per heavy atom. The Kier molecular flexibility index (Phi) is 14.0. The minimum Gasteiger partial charge on any atom is -0.496 e. The number of amides is 4. The molecule has 4 aliphatic rings. The van der Waals surface area contributed by atoms with Gasteiger partial charge in [0, 0.05) is 41.8 Å². The molecule has 20 heteroatoms. The third kappa shape index (κ3) is 10.7. The number of nitrogens with one attached hydrogen (secondary N) is 3. The van der Waals surface area contributed by atoms with Crippen LogP contribution in [0.1, 0.15) is 102 Å². The van der Waals surface area contributed by atoms with Crippen molar-refractivity contribution in [1.29, 1.82) is 0 Å². The van der Waals surface area contributed by atoms with Crippen LogP contribution in [0.15, 0.2) is 35.7 Å². The molecule has 7 rings (SSSR count). The number of allylic oxidation sites excluding steroid dienone is 1. The number of pyridine rings is 1. The average molecular weight is 930 g/mol. The number of piperidine rings is 1. The van der Waals surface area contributed by atoms with Crippen LogP contribution in [0, 0.1) is 6.92 Å². The van der Waals surface area contributed by atoms with Crippen LogP contribution in [-0.4, -0.2) is 125 Å². The van der Waals surface area contributed by atoms with E-state index >= 15 is 0 Å². The number of nitrogens with zero attached hydrogens (tertiary/aromatic N) is 4. The predicted octanol–water partition coefficient (Wildman–Crippen LogP) is 4.68. The number of halogens is 2. The fraction of sp³-hybridized carbons (Fsp3) is 0.591. The smallest absolute Gasteiger partial charge is 0.265 e. The number of ether oxygens (including phenoxy) is 2. The number of rotatable bonds is 10. The number of aromatic nitrogens is 2. The monoisotopic (exact) mass is 929 g/mol. The van der Waals surface area contributed by atoms with E-state index in [0.29, 0.717) is 58.8 Å². The molecular weight excluding hydrogens is 873 g/mol. The second-order valence-electron chi connectivity index (χ2n) is 17.8. The fourth-order valence-electron chi connectivity index (χ4n) is 8.37. The minimum atomic E-state index is -4.02. The maximum absolute atomic E-state index is 14.9. The van der Waals surface area contributed by atoms with Crippen molar-refractivity contribution in [1.82, 2.24) is 35.1 Å². The Balaban J connectivity index is 1.26. The fourth-order valence-corrected chi connectivity index (χ4v) is 10.7. The molecule has 2 unspecified atom stereocenters. The number of sulfonamides is 1. The third-order valence-corrected chi connectivity index (χ3v) is 15.0. The molecule has 4 N–H and O–H groups in total. The molecule has 2 aromatic heterocycles. The Labute approximate surface area is 375 Å². The van der Waals surface area contributed by atoms with Crippen LogP contribution in [0.4, 0.5) is 8.78 Å². The van der Waals surface area contributed by atoms with Gasteiger partial charge < -0.3 is 29.7 Å². The highest BCUT2D eigenvalue weighted by molar-refractivity contribution is 7.91. The summed E-state index contributed by atoms with van der Waals surface area (Å²) in [6, 6.07) is 2.54. The molecule has 348 valence electrons. The molecule has 3 fully saturated rings. The first kappa shape index (κ1) is 47.2. The summed E-state index contributed by atoms with van der Waals surface area (Å²) in [4.78, 5) is 69.1. The Hall–Kier alpha value is -4.79. The molecular formula is C44H57F2N7O9S2. The van der Waals surface area contributed by atoms with Crippen molar-refractivity contribution in [2.45, 2.75) is 139 Å². The number of likely N-dealkylation sites (tertiary alicyclic amines) is 1. The summed E-state index contributed by atoms with van der Waals surface area (Å²) in [6.45, 7) is 6.40. The van der Waals surface area contributed by atoms with Gasteiger partial charge in [0.2, 0.25) is 27.7 Å². The number of hydrogen-bond donors (Lipinski definition) is 4. The first-order valence-corrected chi connectivity index (χ1v) is 24.2. The normalized spacial score (nSPS) is 26.5. The van der Waals surface area contributed by atoms with E-state index in [4.69, 9.17) is 19.4 Å². The van der Waals surface area contributed by atoms with Gasteiger partial charge in [0.25, 0.3) is 11.8 Å². The van der Waals surface area contributed by atoms with Crippen LogP contribution in [0.5, 0.6) is 11.5 Å². The Morgan fingerprint density at radius 2 is 1.88 bits per heavy atom. The zero-order valence-corrected chi connectivity index (χ0v) is 38.3. The van der Waals surface area contributed by atoms with Gasteiger partial charge >= 0.3 is 0 Å². The van der Waals surface area contributed by atoms with E-state index in [2.05, 4.69) is 15.4 Å². The average Bonchev–Trinajstić information content (AvgIpc) is 3.84. The highest BCUT2D eigenvalue weighted by Crippen LogP contribution is 2.38. The predicted molar refractivity (Wildman–Crippen MR) is 235 cm³/mol. The lowest BCUT2D eigenvalue weighted by atomic mass is 9.95.